The number of carbonyl (C=O) groups is 1. The van der Waals surface area contributed by atoms with Gasteiger partial charge in [-0.2, -0.15) is 0 Å². The smallest absolute Gasteiger partial charge is 0.333 e. The van der Waals surface area contributed by atoms with E-state index in [1.807, 2.05) is 84.9 Å². The van der Waals surface area contributed by atoms with E-state index in [4.69, 9.17) is 4.74 Å². The number of aliphatic hydroxyl groups excluding tert-OH is 1. The zero-order chi connectivity index (χ0) is 20.0. The highest BCUT2D eigenvalue weighted by Gasteiger charge is 2.38. The van der Waals surface area contributed by atoms with Crippen molar-refractivity contribution < 1.29 is 19.7 Å². The van der Waals surface area contributed by atoms with E-state index >= 15 is 0 Å². The van der Waals surface area contributed by atoms with E-state index in [1.54, 1.807) is 7.11 Å². The maximum atomic E-state index is 11.2. The van der Waals surface area contributed by atoms with E-state index < -0.39 is 16.8 Å². The van der Waals surface area contributed by atoms with Gasteiger partial charge in [-0.05, 0) is 28.8 Å². The van der Waals surface area contributed by atoms with Gasteiger partial charge in [-0.25, -0.2) is 4.79 Å². The molecule has 0 bridgehead atoms. The average Bonchev–Trinajstić information content (AvgIpc) is 2.76. The molecule has 0 aliphatic carbocycles. The van der Waals surface area contributed by atoms with E-state index in [9.17, 15) is 15.0 Å². The van der Waals surface area contributed by atoms with Crippen LogP contribution in [0.3, 0.4) is 0 Å². The molecule has 0 aliphatic rings. The fourth-order valence-electron chi connectivity index (χ4n) is 3.20. The van der Waals surface area contributed by atoms with Crippen LogP contribution >= 0.6 is 11.8 Å². The molecule has 1 atom stereocenters. The van der Waals surface area contributed by atoms with Gasteiger partial charge < -0.3 is 14.9 Å². The molecular formula is C23H22O4S. The van der Waals surface area contributed by atoms with Crippen molar-refractivity contribution in [3.8, 4) is 5.75 Å². The van der Waals surface area contributed by atoms with E-state index in [1.165, 1.54) is 11.8 Å². The minimum Gasteiger partial charge on any atom is -0.497 e. The molecule has 5 heteroatoms. The van der Waals surface area contributed by atoms with Crippen molar-refractivity contribution >= 4 is 17.7 Å². The molecule has 144 valence electrons. The monoisotopic (exact) mass is 394 g/mol. The summed E-state index contributed by atoms with van der Waals surface area (Å²) >= 11 is 1.41. The van der Waals surface area contributed by atoms with Crippen LogP contribution in [0.1, 0.15) is 16.7 Å². The van der Waals surface area contributed by atoms with Gasteiger partial charge in [0.15, 0.2) is 6.10 Å². The second-order valence-corrected chi connectivity index (χ2v) is 7.54. The summed E-state index contributed by atoms with van der Waals surface area (Å²) in [5, 5.41) is 19.2. The van der Waals surface area contributed by atoms with E-state index in [0.29, 0.717) is 0 Å². The lowest BCUT2D eigenvalue weighted by atomic mass is 9.84. The number of rotatable bonds is 8. The molecule has 0 fully saturated rings. The van der Waals surface area contributed by atoms with E-state index in [0.717, 1.165) is 22.4 Å². The van der Waals surface area contributed by atoms with Gasteiger partial charge in [0.05, 0.1) is 11.9 Å². The number of methoxy groups -OCH3 is 1. The Hall–Kier alpha value is -2.76. The van der Waals surface area contributed by atoms with Crippen molar-refractivity contribution in [2.75, 3.05) is 12.9 Å². The van der Waals surface area contributed by atoms with Crippen molar-refractivity contribution in [3.63, 3.8) is 0 Å². The Morgan fingerprint density at radius 2 is 1.36 bits per heavy atom. The van der Waals surface area contributed by atoms with Crippen LogP contribution in [0.5, 0.6) is 5.75 Å². The molecular weight excluding hydrogens is 372 g/mol. The first kappa shape index (κ1) is 20.0. The molecule has 0 amide bonds. The predicted molar refractivity (Wildman–Crippen MR) is 112 cm³/mol. The summed E-state index contributed by atoms with van der Waals surface area (Å²) in [6.45, 7) is 0. The van der Waals surface area contributed by atoms with Crippen LogP contribution in [0.2, 0.25) is 0 Å². The molecule has 3 aromatic rings. The van der Waals surface area contributed by atoms with Gasteiger partial charge in [0, 0.05) is 5.75 Å². The number of carboxylic acids is 1. The van der Waals surface area contributed by atoms with Crippen molar-refractivity contribution in [2.45, 2.75) is 10.9 Å². The highest BCUT2D eigenvalue weighted by Crippen LogP contribution is 2.48. The third-order valence-electron chi connectivity index (χ3n) is 4.60. The van der Waals surface area contributed by atoms with Crippen LogP contribution in [0, 0.1) is 0 Å². The predicted octanol–water partition coefficient (Wildman–Crippen LogP) is 4.17. The van der Waals surface area contributed by atoms with Crippen LogP contribution in [-0.4, -0.2) is 35.1 Å². The number of hydrogen-bond acceptors (Lipinski definition) is 4. The van der Waals surface area contributed by atoms with Crippen LogP contribution < -0.4 is 4.74 Å². The number of ether oxygens (including phenoxy) is 1. The maximum absolute atomic E-state index is 11.2. The van der Waals surface area contributed by atoms with Crippen LogP contribution in [0.4, 0.5) is 0 Å². The first-order valence-electron chi connectivity index (χ1n) is 8.88. The average molecular weight is 394 g/mol. The summed E-state index contributed by atoms with van der Waals surface area (Å²) in [6.07, 6.45) is -1.45. The van der Waals surface area contributed by atoms with Gasteiger partial charge in [-0.15, -0.1) is 11.8 Å². The number of carboxylic acid groups (broad SMARTS) is 1. The number of thioether (sulfide) groups is 1. The second kappa shape index (κ2) is 8.95. The number of hydrogen-bond donors (Lipinski definition) is 2. The Morgan fingerprint density at radius 3 is 1.79 bits per heavy atom. The molecule has 0 aliphatic heterocycles. The topological polar surface area (TPSA) is 66.8 Å². The van der Waals surface area contributed by atoms with Crippen molar-refractivity contribution in [1.82, 2.24) is 0 Å². The van der Waals surface area contributed by atoms with Gasteiger partial charge in [-0.3, -0.25) is 0 Å². The summed E-state index contributed by atoms with van der Waals surface area (Å²) in [4.78, 5) is 11.2. The fraction of sp³-hybridized carbons (Fsp3) is 0.174. The standard InChI is InChI=1S/C23H22O4S/c1-27-20-14-12-19(13-15-20)23(17-8-4-2-5-9-17,18-10-6-3-7-11-18)28-16-21(24)22(25)26/h2-15,21,24H,16H2,1H3,(H,25,26). The third kappa shape index (κ3) is 4.06. The highest BCUT2D eigenvalue weighted by molar-refractivity contribution is 8.00. The molecule has 28 heavy (non-hydrogen) atoms. The van der Waals surface area contributed by atoms with Crippen LogP contribution in [0.25, 0.3) is 0 Å². The summed E-state index contributed by atoms with van der Waals surface area (Å²) in [6, 6.07) is 27.6. The third-order valence-corrected chi connectivity index (χ3v) is 6.22. The zero-order valence-corrected chi connectivity index (χ0v) is 16.3. The Labute approximate surface area is 168 Å². The van der Waals surface area contributed by atoms with Crippen molar-refractivity contribution in [1.29, 1.82) is 0 Å². The van der Waals surface area contributed by atoms with Crippen LogP contribution in [-0.2, 0) is 9.54 Å². The normalized spacial score (nSPS) is 12.4. The number of benzene rings is 3. The lowest BCUT2D eigenvalue weighted by Gasteiger charge is -2.36. The fourth-order valence-corrected chi connectivity index (χ4v) is 4.66. The molecule has 0 aromatic heterocycles. The molecule has 0 saturated carbocycles. The summed E-state index contributed by atoms with van der Waals surface area (Å²) < 4.78 is 4.62. The Kier molecular flexibility index (Phi) is 6.39. The number of aliphatic hydroxyl groups is 1. The first-order chi connectivity index (χ1) is 13.6. The molecule has 0 saturated heterocycles. The Bertz CT molecular complexity index is 855. The molecule has 2 N–H and O–H groups in total. The maximum Gasteiger partial charge on any atom is 0.333 e. The molecule has 0 heterocycles. The molecule has 4 nitrogen and oxygen atoms in total. The first-order valence-corrected chi connectivity index (χ1v) is 9.87. The molecule has 0 spiro atoms. The lowest BCUT2D eigenvalue weighted by molar-refractivity contribution is -0.145. The van der Waals surface area contributed by atoms with Crippen LogP contribution in [0.15, 0.2) is 84.9 Å². The molecule has 0 radical (unpaired) electrons. The molecule has 3 rings (SSSR count). The quantitative estimate of drug-likeness (QED) is 0.562. The van der Waals surface area contributed by atoms with E-state index in [2.05, 4.69) is 0 Å². The van der Waals surface area contributed by atoms with E-state index in [-0.39, 0.29) is 5.75 Å². The Morgan fingerprint density at radius 1 is 0.893 bits per heavy atom. The van der Waals surface area contributed by atoms with Gasteiger partial charge in [0.2, 0.25) is 0 Å². The second-order valence-electron chi connectivity index (χ2n) is 6.31. The largest absolute Gasteiger partial charge is 0.497 e. The molecule has 3 aromatic carbocycles. The zero-order valence-electron chi connectivity index (χ0n) is 15.5. The SMILES string of the molecule is COc1ccc(C(SCC(O)C(=O)O)(c2ccccc2)c2ccccc2)cc1. The highest BCUT2D eigenvalue weighted by atomic mass is 32.2. The van der Waals surface area contributed by atoms with Crippen molar-refractivity contribution in [3.05, 3.63) is 102 Å². The number of aliphatic carboxylic acids is 1. The van der Waals surface area contributed by atoms with Gasteiger partial charge in [0.1, 0.15) is 5.75 Å². The summed E-state index contributed by atoms with van der Waals surface area (Å²) in [5.74, 6) is -0.433. The minimum absolute atomic E-state index is 0.0468. The minimum atomic E-state index is -1.45. The van der Waals surface area contributed by atoms with Gasteiger partial charge in [-0.1, -0.05) is 72.8 Å². The molecule has 1 unspecified atom stereocenters. The van der Waals surface area contributed by atoms with Crippen molar-refractivity contribution in [2.24, 2.45) is 0 Å². The summed E-state index contributed by atoms with van der Waals surface area (Å²) in [7, 11) is 1.62. The van der Waals surface area contributed by atoms with Gasteiger partial charge in [0.25, 0.3) is 0 Å². The summed E-state index contributed by atoms with van der Waals surface area (Å²) in [5.41, 5.74) is 3.00. The Balaban J connectivity index is 2.20. The lowest BCUT2D eigenvalue weighted by Crippen LogP contribution is -2.30. The van der Waals surface area contributed by atoms with Gasteiger partial charge >= 0.3 is 5.97 Å².